The minimum Gasteiger partial charge on any atom is -0.388 e. The van der Waals surface area contributed by atoms with Crippen molar-refractivity contribution in [1.29, 1.82) is 0 Å². The van der Waals surface area contributed by atoms with E-state index in [2.05, 4.69) is 11.9 Å². The zero-order valence-corrected chi connectivity index (χ0v) is 12.6. The molecule has 1 heterocycles. The molecule has 21 heavy (non-hydrogen) atoms. The van der Waals surface area contributed by atoms with Gasteiger partial charge in [-0.2, -0.15) is 0 Å². The lowest BCUT2D eigenvalue weighted by molar-refractivity contribution is 0.0312. The second-order valence-electron chi connectivity index (χ2n) is 6.40. The van der Waals surface area contributed by atoms with Crippen LogP contribution < -0.4 is 5.73 Å². The van der Waals surface area contributed by atoms with Crippen molar-refractivity contribution in [3.8, 4) is 0 Å². The summed E-state index contributed by atoms with van der Waals surface area (Å²) in [5.41, 5.74) is 7.83. The van der Waals surface area contributed by atoms with E-state index in [0.717, 1.165) is 29.3 Å². The lowest BCUT2D eigenvalue weighted by Gasteiger charge is -2.34. The molecule has 1 aromatic carbocycles. The molecule has 0 radical (unpaired) electrons. The summed E-state index contributed by atoms with van der Waals surface area (Å²) in [6.07, 6.45) is 5.67. The van der Waals surface area contributed by atoms with Crippen LogP contribution in [0.1, 0.15) is 44.3 Å². The Bertz CT molecular complexity index is 622. The number of hydrogen-bond acceptors (Lipinski definition) is 3. The van der Waals surface area contributed by atoms with Gasteiger partial charge in [0.05, 0.1) is 11.6 Å². The largest absolute Gasteiger partial charge is 0.388 e. The van der Waals surface area contributed by atoms with Crippen LogP contribution in [0, 0.1) is 11.3 Å². The summed E-state index contributed by atoms with van der Waals surface area (Å²) in [5.74, 6) is 0.691. The first-order valence-electron chi connectivity index (χ1n) is 7.92. The Labute approximate surface area is 126 Å². The van der Waals surface area contributed by atoms with Crippen LogP contribution in [0.3, 0.4) is 0 Å². The van der Waals surface area contributed by atoms with Crippen molar-refractivity contribution in [2.24, 2.45) is 17.1 Å². The predicted molar refractivity (Wildman–Crippen MR) is 85.8 cm³/mol. The molecule has 3 heteroatoms. The van der Waals surface area contributed by atoms with Gasteiger partial charge >= 0.3 is 0 Å². The number of para-hydroxylation sites is 1. The van der Waals surface area contributed by atoms with Crippen molar-refractivity contribution in [2.75, 3.05) is 6.54 Å². The van der Waals surface area contributed by atoms with E-state index in [9.17, 15) is 5.11 Å². The van der Waals surface area contributed by atoms with E-state index in [1.54, 1.807) is 6.20 Å². The Hall–Kier alpha value is -1.45. The highest BCUT2D eigenvalue weighted by atomic mass is 16.3. The molecule has 3 nitrogen and oxygen atoms in total. The normalized spacial score (nSPS) is 27.1. The maximum atomic E-state index is 11.1. The minimum atomic E-state index is -0.507. The average Bonchev–Trinajstić information content (AvgIpc) is 2.98. The maximum Gasteiger partial charge on any atom is 0.0865 e. The van der Waals surface area contributed by atoms with E-state index in [0.29, 0.717) is 12.5 Å². The molecule has 0 spiro atoms. The predicted octanol–water partition coefficient (Wildman–Crippen LogP) is 3.42. The van der Waals surface area contributed by atoms with Crippen LogP contribution in [-0.2, 0) is 0 Å². The summed E-state index contributed by atoms with van der Waals surface area (Å²) < 4.78 is 0. The molecule has 1 saturated carbocycles. The third kappa shape index (κ3) is 2.45. The summed E-state index contributed by atoms with van der Waals surface area (Å²) in [7, 11) is 0. The van der Waals surface area contributed by atoms with E-state index in [-0.39, 0.29) is 5.41 Å². The van der Waals surface area contributed by atoms with Crippen molar-refractivity contribution in [2.45, 2.75) is 38.7 Å². The maximum absolute atomic E-state index is 11.1. The number of benzene rings is 1. The number of aliphatic hydroxyl groups excluding tert-OH is 1. The van der Waals surface area contributed by atoms with Crippen LogP contribution in [0.2, 0.25) is 0 Å². The Morgan fingerprint density at radius 2 is 2.19 bits per heavy atom. The van der Waals surface area contributed by atoms with Crippen LogP contribution in [0.4, 0.5) is 0 Å². The first-order chi connectivity index (χ1) is 10.2. The smallest absolute Gasteiger partial charge is 0.0865 e. The minimum absolute atomic E-state index is 0.176. The molecule has 2 aromatic rings. The lowest BCUT2D eigenvalue weighted by atomic mass is 9.76. The van der Waals surface area contributed by atoms with Gasteiger partial charge in [-0.05, 0) is 42.9 Å². The quantitative estimate of drug-likeness (QED) is 0.904. The third-order valence-electron chi connectivity index (χ3n) is 5.29. The van der Waals surface area contributed by atoms with Crippen LogP contribution in [-0.4, -0.2) is 16.6 Å². The van der Waals surface area contributed by atoms with Crippen molar-refractivity contribution in [3.05, 3.63) is 42.1 Å². The Morgan fingerprint density at radius 1 is 1.38 bits per heavy atom. The molecular weight excluding hydrogens is 260 g/mol. The number of aliphatic hydroxyl groups is 1. The number of rotatable bonds is 4. The SMILES string of the molecule is CCC1CCC(CN)(C(O)c2ccnc3ccccc23)C1. The number of nitrogens with zero attached hydrogens (tertiary/aromatic N) is 1. The molecule has 0 aliphatic heterocycles. The molecule has 3 rings (SSSR count). The van der Waals surface area contributed by atoms with Crippen molar-refractivity contribution in [3.63, 3.8) is 0 Å². The van der Waals surface area contributed by atoms with E-state index < -0.39 is 6.10 Å². The zero-order valence-electron chi connectivity index (χ0n) is 12.6. The summed E-state index contributed by atoms with van der Waals surface area (Å²) in [6.45, 7) is 2.77. The van der Waals surface area contributed by atoms with Gasteiger partial charge < -0.3 is 10.8 Å². The first-order valence-corrected chi connectivity index (χ1v) is 7.92. The first kappa shape index (κ1) is 14.5. The Balaban J connectivity index is 2.01. The van der Waals surface area contributed by atoms with Crippen LogP contribution in [0.25, 0.3) is 10.9 Å². The highest BCUT2D eigenvalue weighted by molar-refractivity contribution is 5.82. The van der Waals surface area contributed by atoms with Crippen LogP contribution in [0.5, 0.6) is 0 Å². The Morgan fingerprint density at radius 3 is 2.90 bits per heavy atom. The van der Waals surface area contributed by atoms with Gasteiger partial charge in [-0.1, -0.05) is 31.5 Å². The van der Waals surface area contributed by atoms with Crippen molar-refractivity contribution >= 4 is 10.9 Å². The van der Waals surface area contributed by atoms with Gasteiger partial charge in [0.2, 0.25) is 0 Å². The number of nitrogens with two attached hydrogens (primary N) is 1. The third-order valence-corrected chi connectivity index (χ3v) is 5.29. The number of hydrogen-bond donors (Lipinski definition) is 2. The molecule has 0 bridgehead atoms. The monoisotopic (exact) mass is 284 g/mol. The van der Waals surface area contributed by atoms with Crippen molar-refractivity contribution in [1.82, 2.24) is 4.98 Å². The molecule has 3 unspecified atom stereocenters. The van der Waals surface area contributed by atoms with Gasteiger partial charge in [-0.15, -0.1) is 0 Å². The number of pyridine rings is 1. The fraction of sp³-hybridized carbons (Fsp3) is 0.500. The van der Waals surface area contributed by atoms with Gasteiger partial charge in [-0.25, -0.2) is 0 Å². The van der Waals surface area contributed by atoms with Gasteiger partial charge in [0.25, 0.3) is 0 Å². The molecule has 112 valence electrons. The standard InChI is InChI=1S/C18H24N2O/c1-2-13-7-9-18(11-13,12-19)17(21)15-8-10-20-16-6-4-3-5-14(15)16/h3-6,8,10,13,17,21H,2,7,9,11-12,19H2,1H3. The van der Waals surface area contributed by atoms with E-state index in [1.807, 2.05) is 30.3 Å². The second-order valence-corrected chi connectivity index (χ2v) is 6.40. The van der Waals surface area contributed by atoms with Crippen LogP contribution >= 0.6 is 0 Å². The lowest BCUT2D eigenvalue weighted by Crippen LogP contribution is -2.34. The molecule has 1 aliphatic carbocycles. The highest BCUT2D eigenvalue weighted by Crippen LogP contribution is 2.50. The van der Waals surface area contributed by atoms with Gasteiger partial charge in [0.1, 0.15) is 0 Å². The number of fused-ring (bicyclic) bond motifs is 1. The summed E-state index contributed by atoms with van der Waals surface area (Å²) in [5, 5.41) is 12.1. The molecule has 3 atom stereocenters. The fourth-order valence-electron chi connectivity index (χ4n) is 3.85. The van der Waals surface area contributed by atoms with E-state index in [1.165, 1.54) is 12.8 Å². The molecule has 1 aromatic heterocycles. The summed E-state index contributed by atoms with van der Waals surface area (Å²) in [4.78, 5) is 4.39. The molecule has 0 amide bonds. The zero-order chi connectivity index (χ0) is 14.9. The molecule has 1 aliphatic rings. The Kier molecular flexibility index (Phi) is 3.96. The average molecular weight is 284 g/mol. The second kappa shape index (κ2) is 5.74. The number of aromatic nitrogens is 1. The summed E-state index contributed by atoms with van der Waals surface area (Å²) in [6, 6.07) is 9.96. The van der Waals surface area contributed by atoms with Gasteiger partial charge in [0.15, 0.2) is 0 Å². The van der Waals surface area contributed by atoms with Crippen LogP contribution in [0.15, 0.2) is 36.5 Å². The fourth-order valence-corrected chi connectivity index (χ4v) is 3.85. The van der Waals surface area contributed by atoms with Gasteiger partial charge in [0, 0.05) is 23.5 Å². The molecular formula is C18H24N2O. The van der Waals surface area contributed by atoms with E-state index in [4.69, 9.17) is 5.73 Å². The summed E-state index contributed by atoms with van der Waals surface area (Å²) >= 11 is 0. The van der Waals surface area contributed by atoms with Gasteiger partial charge in [-0.3, -0.25) is 4.98 Å². The molecule has 1 fully saturated rings. The van der Waals surface area contributed by atoms with Crippen molar-refractivity contribution < 1.29 is 5.11 Å². The molecule has 0 saturated heterocycles. The van der Waals surface area contributed by atoms with E-state index >= 15 is 0 Å². The highest BCUT2D eigenvalue weighted by Gasteiger charge is 2.44. The molecule has 3 N–H and O–H groups in total. The topological polar surface area (TPSA) is 59.1 Å².